The number of primary amides is 1. The second-order valence-electron chi connectivity index (χ2n) is 4.55. The molecule has 1 aromatic rings. The van der Waals surface area contributed by atoms with Crippen molar-refractivity contribution in [2.75, 3.05) is 7.11 Å². The van der Waals surface area contributed by atoms with Gasteiger partial charge in [-0.15, -0.1) is 0 Å². The van der Waals surface area contributed by atoms with Crippen LogP contribution >= 0.6 is 0 Å². The molecule has 1 rings (SSSR count). The molecule has 2 amide bonds. The van der Waals surface area contributed by atoms with Gasteiger partial charge in [0.25, 0.3) is 5.91 Å². The maximum absolute atomic E-state index is 11.6. The third-order valence-electron chi connectivity index (χ3n) is 2.67. The zero-order valence-electron chi connectivity index (χ0n) is 11.7. The lowest BCUT2D eigenvalue weighted by Gasteiger charge is -2.21. The van der Waals surface area contributed by atoms with Crippen LogP contribution in [0.1, 0.15) is 24.2 Å². The van der Waals surface area contributed by atoms with Crippen molar-refractivity contribution in [3.05, 3.63) is 23.8 Å². The van der Waals surface area contributed by atoms with E-state index in [1.807, 2.05) is 19.3 Å². The highest BCUT2D eigenvalue weighted by molar-refractivity contribution is 5.93. The van der Waals surface area contributed by atoms with Crippen LogP contribution in [0.25, 0.3) is 0 Å². The summed E-state index contributed by atoms with van der Waals surface area (Å²) in [7, 11) is 1.45. The minimum Gasteiger partial charge on any atom is -0.497 e. The Balaban J connectivity index is 3.08. The van der Waals surface area contributed by atoms with Crippen LogP contribution in [0.2, 0.25) is 0 Å². The summed E-state index contributed by atoms with van der Waals surface area (Å²) in [6.07, 6.45) is -0.784. The molecule has 7 heteroatoms. The van der Waals surface area contributed by atoms with Gasteiger partial charge in [-0.3, -0.25) is 15.0 Å². The molecule has 1 atom stereocenters. The number of nitrogens with two attached hydrogens (primary N) is 2. The number of nitrogens with one attached hydrogen (secondary N) is 1. The van der Waals surface area contributed by atoms with E-state index in [2.05, 4.69) is 0 Å². The second kappa shape index (κ2) is 6.76. The van der Waals surface area contributed by atoms with Crippen molar-refractivity contribution in [3.8, 4) is 11.5 Å². The largest absolute Gasteiger partial charge is 0.497 e. The molecule has 0 bridgehead atoms. The van der Waals surface area contributed by atoms with Crippen LogP contribution in [-0.2, 0) is 4.79 Å². The predicted octanol–water partition coefficient (Wildman–Crippen LogP) is 0.187. The van der Waals surface area contributed by atoms with E-state index in [1.165, 1.54) is 19.2 Å². The fourth-order valence-electron chi connectivity index (χ4n) is 1.62. The van der Waals surface area contributed by atoms with Gasteiger partial charge in [-0.05, 0) is 18.1 Å². The molecular weight excluding hydrogens is 262 g/mol. The zero-order valence-corrected chi connectivity index (χ0v) is 11.7. The lowest BCUT2D eigenvalue weighted by Crippen LogP contribution is -2.44. The standard InChI is InChI=1S/C13H19N3O4/c1-7(2)11(13(18)16-15)20-10-5-8(12(14)17)4-9(6-10)19-3/h4-7,11H,15H2,1-3H3,(H2,14,17)(H,16,18). The van der Waals surface area contributed by atoms with E-state index in [1.54, 1.807) is 6.07 Å². The Morgan fingerprint density at radius 2 is 1.80 bits per heavy atom. The van der Waals surface area contributed by atoms with Gasteiger partial charge in [0.2, 0.25) is 5.91 Å². The van der Waals surface area contributed by atoms with E-state index in [4.69, 9.17) is 21.1 Å². The second-order valence-corrected chi connectivity index (χ2v) is 4.55. The quantitative estimate of drug-likeness (QED) is 0.391. The van der Waals surface area contributed by atoms with Gasteiger partial charge < -0.3 is 15.2 Å². The Hall–Kier alpha value is -2.28. The molecule has 110 valence electrons. The third kappa shape index (κ3) is 3.86. The Kier molecular flexibility index (Phi) is 5.33. The summed E-state index contributed by atoms with van der Waals surface area (Å²) in [6.45, 7) is 3.63. The normalized spacial score (nSPS) is 11.8. The first-order valence-corrected chi connectivity index (χ1v) is 6.05. The van der Waals surface area contributed by atoms with Crippen LogP contribution in [0, 0.1) is 5.92 Å². The Morgan fingerprint density at radius 1 is 1.20 bits per heavy atom. The molecule has 5 N–H and O–H groups in total. The van der Waals surface area contributed by atoms with Crippen molar-refractivity contribution in [2.24, 2.45) is 17.5 Å². The third-order valence-corrected chi connectivity index (χ3v) is 2.67. The highest BCUT2D eigenvalue weighted by Gasteiger charge is 2.24. The van der Waals surface area contributed by atoms with Gasteiger partial charge in [0, 0.05) is 11.6 Å². The summed E-state index contributed by atoms with van der Waals surface area (Å²) in [6, 6.07) is 4.50. The number of hydrazine groups is 1. The van der Waals surface area contributed by atoms with Crippen LogP contribution in [0.4, 0.5) is 0 Å². The molecule has 0 aromatic heterocycles. The highest BCUT2D eigenvalue weighted by Crippen LogP contribution is 2.24. The van der Waals surface area contributed by atoms with E-state index in [9.17, 15) is 9.59 Å². The number of carbonyl (C=O) groups excluding carboxylic acids is 2. The van der Waals surface area contributed by atoms with Crippen molar-refractivity contribution >= 4 is 11.8 Å². The van der Waals surface area contributed by atoms with Crippen LogP contribution in [0.3, 0.4) is 0 Å². The fraction of sp³-hybridized carbons (Fsp3) is 0.385. The van der Waals surface area contributed by atoms with Gasteiger partial charge in [0.15, 0.2) is 6.10 Å². The average Bonchev–Trinajstić information content (AvgIpc) is 2.43. The zero-order chi connectivity index (χ0) is 15.3. The maximum atomic E-state index is 11.6. The summed E-state index contributed by atoms with van der Waals surface area (Å²) >= 11 is 0. The smallest absolute Gasteiger partial charge is 0.275 e. The topological polar surface area (TPSA) is 117 Å². The van der Waals surface area contributed by atoms with E-state index >= 15 is 0 Å². The molecule has 7 nitrogen and oxygen atoms in total. The van der Waals surface area contributed by atoms with Crippen LogP contribution in [-0.4, -0.2) is 25.0 Å². The lowest BCUT2D eigenvalue weighted by atomic mass is 10.1. The van der Waals surface area contributed by atoms with Gasteiger partial charge >= 0.3 is 0 Å². The van der Waals surface area contributed by atoms with Crippen molar-refractivity contribution in [1.29, 1.82) is 0 Å². The van der Waals surface area contributed by atoms with Gasteiger partial charge in [0.05, 0.1) is 7.11 Å². The number of benzene rings is 1. The van der Waals surface area contributed by atoms with E-state index < -0.39 is 17.9 Å². The number of carbonyl (C=O) groups is 2. The Labute approximate surface area is 117 Å². The van der Waals surface area contributed by atoms with Crippen molar-refractivity contribution in [1.82, 2.24) is 5.43 Å². The highest BCUT2D eigenvalue weighted by atomic mass is 16.5. The minimum atomic E-state index is -0.784. The minimum absolute atomic E-state index is 0.109. The number of hydrogen-bond donors (Lipinski definition) is 3. The predicted molar refractivity (Wildman–Crippen MR) is 73.1 cm³/mol. The summed E-state index contributed by atoms with van der Waals surface area (Å²) in [5.74, 6) is 4.66. The summed E-state index contributed by atoms with van der Waals surface area (Å²) < 4.78 is 10.6. The van der Waals surface area contributed by atoms with Crippen LogP contribution < -0.4 is 26.5 Å². The summed E-state index contributed by atoms with van der Waals surface area (Å²) in [4.78, 5) is 22.9. The molecule has 0 fully saturated rings. The van der Waals surface area contributed by atoms with E-state index in [0.29, 0.717) is 11.5 Å². The molecule has 0 aliphatic carbocycles. The summed E-state index contributed by atoms with van der Waals surface area (Å²) in [5.41, 5.74) is 7.51. The molecule has 0 aliphatic heterocycles. The summed E-state index contributed by atoms with van der Waals surface area (Å²) in [5, 5.41) is 0. The van der Waals surface area contributed by atoms with Gasteiger partial charge in [-0.1, -0.05) is 13.8 Å². The van der Waals surface area contributed by atoms with E-state index in [-0.39, 0.29) is 11.5 Å². The Morgan fingerprint density at radius 3 is 2.25 bits per heavy atom. The maximum Gasteiger partial charge on any atom is 0.275 e. The van der Waals surface area contributed by atoms with Crippen molar-refractivity contribution in [2.45, 2.75) is 20.0 Å². The first kappa shape index (κ1) is 15.8. The number of methoxy groups -OCH3 is 1. The molecule has 20 heavy (non-hydrogen) atoms. The van der Waals surface area contributed by atoms with E-state index in [0.717, 1.165) is 0 Å². The van der Waals surface area contributed by atoms with Crippen molar-refractivity contribution in [3.63, 3.8) is 0 Å². The lowest BCUT2D eigenvalue weighted by molar-refractivity contribution is -0.129. The van der Waals surface area contributed by atoms with Gasteiger partial charge in [0.1, 0.15) is 11.5 Å². The first-order chi connectivity index (χ1) is 9.38. The Bertz CT molecular complexity index is 502. The molecule has 1 unspecified atom stereocenters. The molecule has 1 aromatic carbocycles. The average molecular weight is 281 g/mol. The number of ether oxygens (including phenoxy) is 2. The van der Waals surface area contributed by atoms with Gasteiger partial charge in [-0.25, -0.2) is 5.84 Å². The SMILES string of the molecule is COc1cc(OC(C(=O)NN)C(C)C)cc(C(N)=O)c1. The molecule has 0 spiro atoms. The number of amides is 2. The molecule has 0 heterocycles. The molecule has 0 saturated carbocycles. The molecule has 0 aliphatic rings. The molecule has 0 saturated heterocycles. The van der Waals surface area contributed by atoms with Gasteiger partial charge in [-0.2, -0.15) is 0 Å². The first-order valence-electron chi connectivity index (χ1n) is 6.05. The van der Waals surface area contributed by atoms with Crippen LogP contribution in [0.15, 0.2) is 18.2 Å². The number of hydrogen-bond acceptors (Lipinski definition) is 5. The van der Waals surface area contributed by atoms with Crippen LogP contribution in [0.5, 0.6) is 11.5 Å². The molecule has 0 radical (unpaired) electrons. The molecular formula is C13H19N3O4. The van der Waals surface area contributed by atoms with Crippen molar-refractivity contribution < 1.29 is 19.1 Å². The monoisotopic (exact) mass is 281 g/mol. The number of rotatable bonds is 6. The fourth-order valence-corrected chi connectivity index (χ4v) is 1.62.